The highest BCUT2D eigenvalue weighted by molar-refractivity contribution is 5.93. The quantitative estimate of drug-likeness (QED) is 0.811. The first-order chi connectivity index (χ1) is 13.3. The Bertz CT molecular complexity index is 756. The van der Waals surface area contributed by atoms with Gasteiger partial charge in [0.25, 0.3) is 5.91 Å². The molecule has 2 aliphatic rings. The lowest BCUT2D eigenvalue weighted by Crippen LogP contribution is -2.48. The van der Waals surface area contributed by atoms with Gasteiger partial charge in [-0.25, -0.2) is 9.97 Å². The average molecular weight is 367 g/mol. The van der Waals surface area contributed by atoms with E-state index in [4.69, 9.17) is 4.74 Å². The Labute approximate surface area is 159 Å². The van der Waals surface area contributed by atoms with Crippen molar-refractivity contribution in [2.24, 2.45) is 0 Å². The van der Waals surface area contributed by atoms with E-state index in [2.05, 4.69) is 44.0 Å². The number of amides is 1. The molecule has 2 fully saturated rings. The summed E-state index contributed by atoms with van der Waals surface area (Å²) in [5.74, 6) is 0.797. The van der Waals surface area contributed by atoms with Gasteiger partial charge >= 0.3 is 0 Å². The molecule has 0 atom stereocenters. The molecule has 0 bridgehead atoms. The van der Waals surface area contributed by atoms with E-state index in [1.54, 1.807) is 0 Å². The van der Waals surface area contributed by atoms with Crippen LogP contribution in [0.2, 0.25) is 0 Å². The fraction of sp³-hybridized carbons (Fsp3) is 0.450. The number of anilines is 1. The highest BCUT2D eigenvalue weighted by atomic mass is 16.5. The van der Waals surface area contributed by atoms with Crippen LogP contribution in [0.3, 0.4) is 0 Å². The SMILES string of the molecule is O=C(c1cc(N2CCOCC2)ncn1)N1CCN(Cc2ccccc2)CC1. The van der Waals surface area contributed by atoms with E-state index >= 15 is 0 Å². The van der Waals surface area contributed by atoms with Crippen LogP contribution in [0.5, 0.6) is 0 Å². The van der Waals surface area contributed by atoms with Crippen molar-refractivity contribution in [1.29, 1.82) is 0 Å². The van der Waals surface area contributed by atoms with Crippen LogP contribution in [-0.4, -0.2) is 78.2 Å². The number of carbonyl (C=O) groups excluding carboxylic acids is 1. The molecular weight excluding hydrogens is 342 g/mol. The molecule has 0 radical (unpaired) electrons. The Kier molecular flexibility index (Phi) is 5.60. The maximum Gasteiger partial charge on any atom is 0.272 e. The Morgan fingerprint density at radius 3 is 2.44 bits per heavy atom. The van der Waals surface area contributed by atoms with Crippen molar-refractivity contribution in [3.8, 4) is 0 Å². The smallest absolute Gasteiger partial charge is 0.272 e. The summed E-state index contributed by atoms with van der Waals surface area (Å²) >= 11 is 0. The highest BCUT2D eigenvalue weighted by Crippen LogP contribution is 2.15. The van der Waals surface area contributed by atoms with Crippen molar-refractivity contribution >= 4 is 11.7 Å². The predicted octanol–water partition coefficient (Wildman–Crippen LogP) is 1.27. The largest absolute Gasteiger partial charge is 0.378 e. The van der Waals surface area contributed by atoms with Crippen LogP contribution in [0, 0.1) is 0 Å². The molecule has 3 heterocycles. The fourth-order valence-corrected chi connectivity index (χ4v) is 3.54. The number of hydrogen-bond acceptors (Lipinski definition) is 6. The zero-order chi connectivity index (χ0) is 18.5. The molecule has 1 aromatic heterocycles. The minimum Gasteiger partial charge on any atom is -0.378 e. The van der Waals surface area contributed by atoms with E-state index in [9.17, 15) is 4.79 Å². The second kappa shape index (κ2) is 8.45. The average Bonchev–Trinajstić information content (AvgIpc) is 2.75. The molecule has 7 heteroatoms. The van der Waals surface area contributed by atoms with Crippen molar-refractivity contribution in [1.82, 2.24) is 19.8 Å². The summed E-state index contributed by atoms with van der Waals surface area (Å²) in [4.78, 5) is 27.8. The van der Waals surface area contributed by atoms with Gasteiger partial charge in [-0.1, -0.05) is 30.3 Å². The zero-order valence-electron chi connectivity index (χ0n) is 15.5. The van der Waals surface area contributed by atoms with Crippen LogP contribution in [0.25, 0.3) is 0 Å². The van der Waals surface area contributed by atoms with Crippen molar-refractivity contribution < 1.29 is 9.53 Å². The van der Waals surface area contributed by atoms with Crippen LogP contribution in [-0.2, 0) is 11.3 Å². The van der Waals surface area contributed by atoms with Gasteiger partial charge in [-0.2, -0.15) is 0 Å². The van der Waals surface area contributed by atoms with E-state index < -0.39 is 0 Å². The van der Waals surface area contributed by atoms with Gasteiger partial charge in [-0.15, -0.1) is 0 Å². The summed E-state index contributed by atoms with van der Waals surface area (Å²) in [5.41, 5.74) is 1.78. The normalized spacial score (nSPS) is 18.5. The molecule has 1 aromatic carbocycles. The van der Waals surface area contributed by atoms with Crippen LogP contribution in [0.4, 0.5) is 5.82 Å². The summed E-state index contributed by atoms with van der Waals surface area (Å²) in [7, 11) is 0. The molecule has 27 heavy (non-hydrogen) atoms. The number of piperazine rings is 1. The molecule has 0 N–H and O–H groups in total. The standard InChI is InChI=1S/C20H25N5O2/c26-20(18-14-19(22-16-21-18)24-10-12-27-13-11-24)25-8-6-23(7-9-25)15-17-4-2-1-3-5-17/h1-5,14,16H,6-13,15H2. The van der Waals surface area contributed by atoms with Gasteiger partial charge in [-0.05, 0) is 5.56 Å². The lowest BCUT2D eigenvalue weighted by Gasteiger charge is -2.34. The molecule has 2 aliphatic heterocycles. The molecule has 4 rings (SSSR count). The molecule has 0 unspecified atom stereocenters. The summed E-state index contributed by atoms with van der Waals surface area (Å²) < 4.78 is 5.38. The number of aromatic nitrogens is 2. The van der Waals surface area contributed by atoms with Crippen LogP contribution in [0.1, 0.15) is 16.1 Å². The van der Waals surface area contributed by atoms with Gasteiger partial charge < -0.3 is 14.5 Å². The maximum atomic E-state index is 12.9. The second-order valence-corrected chi connectivity index (χ2v) is 6.91. The van der Waals surface area contributed by atoms with E-state index in [1.165, 1.54) is 11.9 Å². The zero-order valence-corrected chi connectivity index (χ0v) is 15.5. The summed E-state index contributed by atoms with van der Waals surface area (Å²) in [6, 6.07) is 12.3. The topological polar surface area (TPSA) is 61.8 Å². The fourth-order valence-electron chi connectivity index (χ4n) is 3.54. The summed E-state index contributed by atoms with van der Waals surface area (Å²) in [5, 5.41) is 0. The number of hydrogen-bond donors (Lipinski definition) is 0. The molecule has 142 valence electrons. The monoisotopic (exact) mass is 367 g/mol. The third-order valence-corrected chi connectivity index (χ3v) is 5.12. The number of benzene rings is 1. The van der Waals surface area contributed by atoms with Crippen molar-refractivity contribution in [3.05, 3.63) is 54.0 Å². The third-order valence-electron chi connectivity index (χ3n) is 5.12. The van der Waals surface area contributed by atoms with E-state index in [1.807, 2.05) is 17.0 Å². The predicted molar refractivity (Wildman–Crippen MR) is 103 cm³/mol. The van der Waals surface area contributed by atoms with Crippen molar-refractivity contribution in [3.63, 3.8) is 0 Å². The number of nitrogens with zero attached hydrogens (tertiary/aromatic N) is 5. The van der Waals surface area contributed by atoms with Crippen LogP contribution >= 0.6 is 0 Å². The maximum absolute atomic E-state index is 12.9. The first-order valence-corrected chi connectivity index (χ1v) is 9.50. The highest BCUT2D eigenvalue weighted by Gasteiger charge is 2.24. The van der Waals surface area contributed by atoms with Crippen molar-refractivity contribution in [2.45, 2.75) is 6.54 Å². The Hall–Kier alpha value is -2.51. The molecular formula is C20H25N5O2. The molecule has 0 spiro atoms. The molecule has 0 aliphatic carbocycles. The third kappa shape index (κ3) is 4.43. The Morgan fingerprint density at radius 1 is 0.963 bits per heavy atom. The van der Waals surface area contributed by atoms with Crippen LogP contribution in [0.15, 0.2) is 42.7 Å². The molecule has 0 saturated carbocycles. The van der Waals surface area contributed by atoms with E-state index in [-0.39, 0.29) is 5.91 Å². The molecule has 2 aromatic rings. The van der Waals surface area contributed by atoms with Gasteiger partial charge in [0.05, 0.1) is 13.2 Å². The number of rotatable bonds is 4. The lowest BCUT2D eigenvalue weighted by atomic mass is 10.2. The van der Waals surface area contributed by atoms with Gasteiger partial charge in [-0.3, -0.25) is 9.69 Å². The molecule has 2 saturated heterocycles. The van der Waals surface area contributed by atoms with Gasteiger partial charge in [0.15, 0.2) is 0 Å². The van der Waals surface area contributed by atoms with E-state index in [0.29, 0.717) is 18.9 Å². The molecule has 1 amide bonds. The first kappa shape index (κ1) is 17.9. The minimum atomic E-state index is -0.00808. The number of carbonyl (C=O) groups is 1. The number of ether oxygens (including phenoxy) is 1. The summed E-state index contributed by atoms with van der Waals surface area (Å²) in [6.07, 6.45) is 1.49. The Morgan fingerprint density at radius 2 is 1.70 bits per heavy atom. The lowest BCUT2D eigenvalue weighted by molar-refractivity contribution is 0.0622. The molecule has 7 nitrogen and oxygen atoms in total. The van der Waals surface area contributed by atoms with Crippen LogP contribution < -0.4 is 4.90 Å². The van der Waals surface area contributed by atoms with Gasteiger partial charge in [0, 0.05) is 51.9 Å². The minimum absolute atomic E-state index is 0.00808. The second-order valence-electron chi connectivity index (χ2n) is 6.91. The van der Waals surface area contributed by atoms with Crippen molar-refractivity contribution in [2.75, 3.05) is 57.4 Å². The number of morpholine rings is 1. The van der Waals surface area contributed by atoms with Gasteiger partial charge in [0.2, 0.25) is 0 Å². The Balaban J connectivity index is 1.35. The first-order valence-electron chi connectivity index (χ1n) is 9.50. The summed E-state index contributed by atoms with van der Waals surface area (Å²) in [6.45, 7) is 7.10. The van der Waals surface area contributed by atoms with Gasteiger partial charge in [0.1, 0.15) is 17.8 Å². The van der Waals surface area contributed by atoms with E-state index in [0.717, 1.165) is 51.6 Å².